The Labute approximate surface area is 129 Å². The molecule has 21 heavy (non-hydrogen) atoms. The van der Waals surface area contributed by atoms with E-state index < -0.39 is 0 Å². The summed E-state index contributed by atoms with van der Waals surface area (Å²) >= 11 is 1.37. The fourth-order valence-corrected chi connectivity index (χ4v) is 2.67. The van der Waals surface area contributed by atoms with Crippen LogP contribution in [0.4, 0.5) is 5.69 Å². The first-order valence-electron chi connectivity index (χ1n) is 6.73. The van der Waals surface area contributed by atoms with Crippen molar-refractivity contribution in [2.45, 2.75) is 18.2 Å². The zero-order valence-electron chi connectivity index (χ0n) is 11.8. The molecule has 0 radical (unpaired) electrons. The number of rotatable bonds is 5. The third-order valence-corrected chi connectivity index (χ3v) is 3.96. The van der Waals surface area contributed by atoms with Crippen molar-refractivity contribution in [1.29, 1.82) is 5.26 Å². The highest BCUT2D eigenvalue weighted by Gasteiger charge is 2.11. The van der Waals surface area contributed by atoms with E-state index in [1.807, 2.05) is 42.5 Å². The molecule has 0 aliphatic carbocycles. The Hall–Kier alpha value is -2.25. The van der Waals surface area contributed by atoms with E-state index in [0.29, 0.717) is 11.3 Å². The molecule has 0 heterocycles. The van der Waals surface area contributed by atoms with Gasteiger partial charge in [0.05, 0.1) is 17.4 Å². The zero-order valence-corrected chi connectivity index (χ0v) is 12.6. The number of nitriles is 1. The highest BCUT2D eigenvalue weighted by molar-refractivity contribution is 7.99. The lowest BCUT2D eigenvalue weighted by Gasteiger charge is -2.09. The van der Waals surface area contributed by atoms with Gasteiger partial charge in [-0.25, -0.2) is 0 Å². The average Bonchev–Trinajstić information content (AvgIpc) is 2.53. The van der Waals surface area contributed by atoms with Crippen LogP contribution in [0.3, 0.4) is 0 Å². The Morgan fingerprint density at radius 3 is 2.81 bits per heavy atom. The number of thioether (sulfide) groups is 1. The van der Waals surface area contributed by atoms with Crippen LogP contribution in [-0.4, -0.2) is 11.7 Å². The molecule has 0 saturated heterocycles. The standard InChI is InChI=1S/C17H16N2OS/c1-2-13-6-5-7-14(12-13)19-17(20)15-8-3-4-9-16(15)21-11-10-18/h3-9,12H,2,11H2,1H3,(H,19,20). The minimum Gasteiger partial charge on any atom is -0.322 e. The summed E-state index contributed by atoms with van der Waals surface area (Å²) in [6.45, 7) is 2.08. The maximum absolute atomic E-state index is 12.4. The first-order valence-corrected chi connectivity index (χ1v) is 7.72. The molecular formula is C17H16N2OS. The summed E-state index contributed by atoms with van der Waals surface area (Å²) in [6.07, 6.45) is 0.929. The molecule has 0 bridgehead atoms. The molecular weight excluding hydrogens is 280 g/mol. The molecule has 3 nitrogen and oxygen atoms in total. The van der Waals surface area contributed by atoms with Gasteiger partial charge in [0.25, 0.3) is 5.91 Å². The molecule has 0 aliphatic rings. The van der Waals surface area contributed by atoms with Gasteiger partial charge in [0.1, 0.15) is 0 Å². The van der Waals surface area contributed by atoms with Crippen LogP contribution in [0.5, 0.6) is 0 Å². The molecule has 1 amide bonds. The van der Waals surface area contributed by atoms with Crippen LogP contribution in [0.2, 0.25) is 0 Å². The lowest BCUT2D eigenvalue weighted by molar-refractivity contribution is 0.102. The summed E-state index contributed by atoms with van der Waals surface area (Å²) in [5.74, 6) is 0.180. The van der Waals surface area contributed by atoms with Crippen molar-refractivity contribution in [1.82, 2.24) is 0 Å². The van der Waals surface area contributed by atoms with Gasteiger partial charge in [-0.05, 0) is 36.2 Å². The summed E-state index contributed by atoms with van der Waals surface area (Å²) in [6, 6.07) is 17.2. The summed E-state index contributed by atoms with van der Waals surface area (Å²) in [7, 11) is 0. The van der Waals surface area contributed by atoms with E-state index in [0.717, 1.165) is 17.0 Å². The van der Waals surface area contributed by atoms with Crippen molar-refractivity contribution < 1.29 is 4.79 Å². The Morgan fingerprint density at radius 1 is 1.24 bits per heavy atom. The monoisotopic (exact) mass is 296 g/mol. The highest BCUT2D eigenvalue weighted by Crippen LogP contribution is 2.23. The number of hydrogen-bond acceptors (Lipinski definition) is 3. The number of carbonyl (C=O) groups is 1. The van der Waals surface area contributed by atoms with Crippen molar-refractivity contribution in [3.8, 4) is 6.07 Å². The smallest absolute Gasteiger partial charge is 0.256 e. The number of nitrogens with one attached hydrogen (secondary N) is 1. The number of nitrogens with zero attached hydrogens (tertiary/aromatic N) is 1. The molecule has 106 valence electrons. The van der Waals surface area contributed by atoms with Gasteiger partial charge < -0.3 is 5.32 Å². The maximum Gasteiger partial charge on any atom is 0.256 e. The number of anilines is 1. The third kappa shape index (κ3) is 4.11. The van der Waals surface area contributed by atoms with Crippen LogP contribution in [0.1, 0.15) is 22.8 Å². The number of carbonyl (C=O) groups excluding carboxylic acids is 1. The van der Waals surface area contributed by atoms with Gasteiger partial charge in [-0.2, -0.15) is 5.26 Å². The Kier molecular flexibility index (Phi) is 5.42. The van der Waals surface area contributed by atoms with Gasteiger partial charge in [0, 0.05) is 10.6 Å². The summed E-state index contributed by atoms with van der Waals surface area (Å²) in [4.78, 5) is 13.2. The number of benzene rings is 2. The van der Waals surface area contributed by atoms with Gasteiger partial charge in [0.2, 0.25) is 0 Å². The number of amides is 1. The summed E-state index contributed by atoms with van der Waals surface area (Å²) in [5.41, 5.74) is 2.57. The molecule has 2 aromatic carbocycles. The molecule has 2 rings (SSSR count). The second-order valence-corrected chi connectivity index (χ2v) is 5.47. The summed E-state index contributed by atoms with van der Waals surface area (Å²) in [5, 5.41) is 11.6. The van der Waals surface area contributed by atoms with Crippen molar-refractivity contribution in [3.05, 3.63) is 59.7 Å². The zero-order chi connectivity index (χ0) is 15.1. The fraction of sp³-hybridized carbons (Fsp3) is 0.176. The Bertz CT molecular complexity index is 676. The summed E-state index contributed by atoms with van der Waals surface area (Å²) < 4.78 is 0. The highest BCUT2D eigenvalue weighted by atomic mass is 32.2. The third-order valence-electron chi connectivity index (χ3n) is 3.02. The lowest BCUT2D eigenvalue weighted by Crippen LogP contribution is -2.13. The minimum absolute atomic E-state index is 0.149. The Morgan fingerprint density at radius 2 is 2.05 bits per heavy atom. The largest absolute Gasteiger partial charge is 0.322 e. The molecule has 0 atom stereocenters. The van der Waals surface area contributed by atoms with Gasteiger partial charge in [-0.3, -0.25) is 4.79 Å². The van der Waals surface area contributed by atoms with E-state index in [1.165, 1.54) is 17.3 Å². The molecule has 2 aromatic rings. The van der Waals surface area contributed by atoms with E-state index >= 15 is 0 Å². The molecule has 0 aromatic heterocycles. The van der Waals surface area contributed by atoms with Crippen LogP contribution < -0.4 is 5.32 Å². The van der Waals surface area contributed by atoms with Crippen molar-refractivity contribution in [2.24, 2.45) is 0 Å². The minimum atomic E-state index is -0.149. The SMILES string of the molecule is CCc1cccc(NC(=O)c2ccccc2SCC#N)c1. The number of hydrogen-bond donors (Lipinski definition) is 1. The molecule has 0 spiro atoms. The quantitative estimate of drug-likeness (QED) is 0.844. The Balaban J connectivity index is 2.18. The topological polar surface area (TPSA) is 52.9 Å². The van der Waals surface area contributed by atoms with Crippen LogP contribution in [0, 0.1) is 11.3 Å². The van der Waals surface area contributed by atoms with Gasteiger partial charge >= 0.3 is 0 Å². The van der Waals surface area contributed by atoms with Crippen LogP contribution in [-0.2, 0) is 6.42 Å². The van der Waals surface area contributed by atoms with Gasteiger partial charge in [0.15, 0.2) is 0 Å². The van der Waals surface area contributed by atoms with E-state index in [1.54, 1.807) is 6.07 Å². The first kappa shape index (κ1) is 15.1. The van der Waals surface area contributed by atoms with Crippen LogP contribution in [0.25, 0.3) is 0 Å². The van der Waals surface area contributed by atoms with Crippen LogP contribution >= 0.6 is 11.8 Å². The van der Waals surface area contributed by atoms with Crippen LogP contribution in [0.15, 0.2) is 53.4 Å². The molecule has 0 fully saturated rings. The molecule has 1 N–H and O–H groups in total. The number of aryl methyl sites for hydroxylation is 1. The van der Waals surface area contributed by atoms with Crippen molar-refractivity contribution in [2.75, 3.05) is 11.1 Å². The molecule has 0 unspecified atom stereocenters. The van der Waals surface area contributed by atoms with E-state index in [9.17, 15) is 4.79 Å². The second-order valence-electron chi connectivity index (χ2n) is 4.45. The van der Waals surface area contributed by atoms with E-state index in [4.69, 9.17) is 5.26 Å². The molecule has 4 heteroatoms. The molecule has 0 aliphatic heterocycles. The average molecular weight is 296 g/mol. The maximum atomic E-state index is 12.4. The van der Waals surface area contributed by atoms with Gasteiger partial charge in [-0.1, -0.05) is 31.2 Å². The van der Waals surface area contributed by atoms with Crippen molar-refractivity contribution >= 4 is 23.4 Å². The molecule has 0 saturated carbocycles. The van der Waals surface area contributed by atoms with E-state index in [2.05, 4.69) is 18.3 Å². The normalized spacial score (nSPS) is 9.90. The van der Waals surface area contributed by atoms with Crippen molar-refractivity contribution in [3.63, 3.8) is 0 Å². The second kappa shape index (κ2) is 7.51. The first-order chi connectivity index (χ1) is 10.2. The van der Waals surface area contributed by atoms with E-state index in [-0.39, 0.29) is 5.91 Å². The fourth-order valence-electron chi connectivity index (χ4n) is 1.96. The predicted octanol–water partition coefficient (Wildman–Crippen LogP) is 4.12. The predicted molar refractivity (Wildman–Crippen MR) is 86.6 cm³/mol. The van der Waals surface area contributed by atoms with Gasteiger partial charge in [-0.15, -0.1) is 11.8 Å². The lowest BCUT2D eigenvalue weighted by atomic mass is 10.1.